The maximum atomic E-state index is 5.37. The molecule has 18 heavy (non-hydrogen) atoms. The smallest absolute Gasteiger partial charge is 0.323 e. The highest BCUT2D eigenvalue weighted by Gasteiger charge is 2.15. The van der Waals surface area contributed by atoms with Crippen molar-refractivity contribution >= 4 is 11.9 Å². The summed E-state index contributed by atoms with van der Waals surface area (Å²) in [6.45, 7) is 9.75. The fourth-order valence-electron chi connectivity index (χ4n) is 1.61. The molecule has 102 valence electrons. The minimum Gasteiger partial charge on any atom is -0.464 e. The van der Waals surface area contributed by atoms with E-state index in [1.807, 2.05) is 6.92 Å². The molecular formula is C12H23N5O. The Balaban J connectivity index is 3.07. The highest BCUT2D eigenvalue weighted by atomic mass is 16.5. The Bertz CT molecular complexity index is 369. The van der Waals surface area contributed by atoms with Gasteiger partial charge in [-0.25, -0.2) is 0 Å². The first kappa shape index (κ1) is 14.5. The first-order valence-electron chi connectivity index (χ1n) is 6.45. The predicted octanol–water partition coefficient (Wildman–Crippen LogP) is 1.94. The normalized spacial score (nSPS) is 10.6. The van der Waals surface area contributed by atoms with Crippen LogP contribution in [0.25, 0.3) is 0 Å². The van der Waals surface area contributed by atoms with E-state index in [-0.39, 0.29) is 0 Å². The molecule has 0 amide bonds. The van der Waals surface area contributed by atoms with Crippen molar-refractivity contribution in [2.75, 3.05) is 30.4 Å². The van der Waals surface area contributed by atoms with E-state index < -0.39 is 0 Å². The highest BCUT2D eigenvalue weighted by Crippen LogP contribution is 2.17. The summed E-state index contributed by atoms with van der Waals surface area (Å²) in [7, 11) is 1.79. The van der Waals surface area contributed by atoms with E-state index in [2.05, 4.69) is 45.9 Å². The number of nitrogens with zero attached hydrogens (tertiary/aromatic N) is 4. The van der Waals surface area contributed by atoms with Crippen LogP contribution in [0.2, 0.25) is 0 Å². The van der Waals surface area contributed by atoms with E-state index in [0.717, 1.165) is 13.0 Å². The van der Waals surface area contributed by atoms with E-state index in [4.69, 9.17) is 4.74 Å². The molecule has 0 unspecified atom stereocenters. The SMILES string of the molecule is CCCN(c1nc(NC)nc(OCC)n1)C(C)C. The predicted molar refractivity (Wildman–Crippen MR) is 73.3 cm³/mol. The molecule has 0 saturated carbocycles. The third kappa shape index (κ3) is 3.72. The number of nitrogens with one attached hydrogen (secondary N) is 1. The van der Waals surface area contributed by atoms with Gasteiger partial charge in [0.15, 0.2) is 0 Å². The maximum absolute atomic E-state index is 5.37. The Morgan fingerprint density at radius 1 is 1.22 bits per heavy atom. The number of hydrogen-bond acceptors (Lipinski definition) is 6. The maximum Gasteiger partial charge on any atom is 0.323 e. The molecule has 1 aromatic heterocycles. The lowest BCUT2D eigenvalue weighted by Crippen LogP contribution is -2.33. The fourth-order valence-corrected chi connectivity index (χ4v) is 1.61. The van der Waals surface area contributed by atoms with Crippen LogP contribution >= 0.6 is 0 Å². The lowest BCUT2D eigenvalue weighted by atomic mass is 10.3. The zero-order valence-corrected chi connectivity index (χ0v) is 11.9. The molecule has 0 saturated heterocycles. The minimum absolute atomic E-state index is 0.339. The number of rotatable bonds is 7. The largest absolute Gasteiger partial charge is 0.464 e. The van der Waals surface area contributed by atoms with Gasteiger partial charge in [-0.1, -0.05) is 6.92 Å². The monoisotopic (exact) mass is 253 g/mol. The van der Waals surface area contributed by atoms with Crippen LogP contribution in [0.1, 0.15) is 34.1 Å². The van der Waals surface area contributed by atoms with Crippen LogP contribution in [0, 0.1) is 0 Å². The van der Waals surface area contributed by atoms with Crippen molar-refractivity contribution in [2.24, 2.45) is 0 Å². The van der Waals surface area contributed by atoms with Gasteiger partial charge in [-0.2, -0.15) is 15.0 Å². The second-order valence-corrected chi connectivity index (χ2v) is 4.21. The van der Waals surface area contributed by atoms with Gasteiger partial charge in [0.05, 0.1) is 6.61 Å². The molecule has 0 aromatic carbocycles. The average Bonchev–Trinajstić information content (AvgIpc) is 2.35. The van der Waals surface area contributed by atoms with E-state index >= 15 is 0 Å². The lowest BCUT2D eigenvalue weighted by Gasteiger charge is -2.26. The number of hydrogen-bond donors (Lipinski definition) is 1. The summed E-state index contributed by atoms with van der Waals surface area (Å²) in [4.78, 5) is 15.0. The van der Waals surface area contributed by atoms with Crippen molar-refractivity contribution in [3.05, 3.63) is 0 Å². The van der Waals surface area contributed by atoms with Gasteiger partial charge >= 0.3 is 6.01 Å². The molecule has 1 N–H and O–H groups in total. The Morgan fingerprint density at radius 3 is 2.44 bits per heavy atom. The third-order valence-corrected chi connectivity index (χ3v) is 2.44. The average molecular weight is 253 g/mol. The molecule has 0 atom stereocenters. The lowest BCUT2D eigenvalue weighted by molar-refractivity contribution is 0.312. The van der Waals surface area contributed by atoms with Crippen LogP contribution in [0.5, 0.6) is 6.01 Å². The summed E-state index contributed by atoms with van der Waals surface area (Å²) in [6.07, 6.45) is 1.04. The Morgan fingerprint density at radius 2 is 1.94 bits per heavy atom. The summed E-state index contributed by atoms with van der Waals surface area (Å²) in [5.74, 6) is 1.19. The number of aromatic nitrogens is 3. The molecule has 0 radical (unpaired) electrons. The first-order chi connectivity index (χ1) is 8.62. The summed E-state index contributed by atoms with van der Waals surface area (Å²) < 4.78 is 5.37. The summed E-state index contributed by atoms with van der Waals surface area (Å²) in [5.41, 5.74) is 0. The molecular weight excluding hydrogens is 230 g/mol. The molecule has 0 aliphatic rings. The van der Waals surface area contributed by atoms with Gasteiger partial charge in [-0.3, -0.25) is 0 Å². The Kier molecular flexibility index (Phi) is 5.61. The molecule has 0 aliphatic heterocycles. The quantitative estimate of drug-likeness (QED) is 0.801. The van der Waals surface area contributed by atoms with E-state index in [1.165, 1.54) is 0 Å². The number of ether oxygens (including phenoxy) is 1. The molecule has 6 nitrogen and oxygen atoms in total. The van der Waals surface area contributed by atoms with E-state index in [0.29, 0.717) is 30.6 Å². The zero-order valence-electron chi connectivity index (χ0n) is 11.9. The van der Waals surface area contributed by atoms with Crippen LogP contribution in [0.15, 0.2) is 0 Å². The van der Waals surface area contributed by atoms with Crippen molar-refractivity contribution in [1.82, 2.24) is 15.0 Å². The van der Waals surface area contributed by atoms with Crippen molar-refractivity contribution in [3.8, 4) is 6.01 Å². The van der Waals surface area contributed by atoms with Crippen LogP contribution in [-0.4, -0.2) is 41.2 Å². The molecule has 0 bridgehead atoms. The van der Waals surface area contributed by atoms with Gasteiger partial charge in [0, 0.05) is 19.6 Å². The van der Waals surface area contributed by atoms with E-state index in [1.54, 1.807) is 7.05 Å². The summed E-state index contributed by atoms with van der Waals surface area (Å²) in [5, 5.41) is 2.93. The third-order valence-electron chi connectivity index (χ3n) is 2.44. The highest BCUT2D eigenvalue weighted by molar-refractivity contribution is 5.38. The van der Waals surface area contributed by atoms with Crippen molar-refractivity contribution < 1.29 is 4.74 Å². The van der Waals surface area contributed by atoms with Gasteiger partial charge in [0.2, 0.25) is 11.9 Å². The Hall–Kier alpha value is -1.59. The zero-order chi connectivity index (χ0) is 13.5. The first-order valence-corrected chi connectivity index (χ1v) is 6.45. The molecule has 1 aromatic rings. The Labute approximate surface area is 109 Å². The van der Waals surface area contributed by atoms with Gasteiger partial charge in [0.25, 0.3) is 0 Å². The standard InChI is InChI=1S/C12H23N5O/c1-6-8-17(9(3)4)11-14-10(13-5)15-12(16-11)18-7-2/h9H,6-8H2,1-5H3,(H,13,14,15,16). The second kappa shape index (κ2) is 6.98. The molecule has 1 heterocycles. The molecule has 1 rings (SSSR count). The van der Waals surface area contributed by atoms with Crippen LogP contribution in [0.3, 0.4) is 0 Å². The van der Waals surface area contributed by atoms with Crippen LogP contribution in [-0.2, 0) is 0 Å². The molecule has 0 aliphatic carbocycles. The minimum atomic E-state index is 0.339. The summed E-state index contributed by atoms with van der Waals surface area (Å²) >= 11 is 0. The fraction of sp³-hybridized carbons (Fsp3) is 0.750. The second-order valence-electron chi connectivity index (χ2n) is 4.21. The van der Waals surface area contributed by atoms with Crippen LogP contribution < -0.4 is 15.0 Å². The molecule has 6 heteroatoms. The van der Waals surface area contributed by atoms with Gasteiger partial charge in [-0.15, -0.1) is 0 Å². The molecule has 0 fully saturated rings. The van der Waals surface area contributed by atoms with Crippen molar-refractivity contribution in [2.45, 2.75) is 40.2 Å². The summed E-state index contributed by atoms with van der Waals surface area (Å²) in [6, 6.07) is 0.708. The number of anilines is 2. The van der Waals surface area contributed by atoms with Crippen LogP contribution in [0.4, 0.5) is 11.9 Å². The van der Waals surface area contributed by atoms with Gasteiger partial charge < -0.3 is 15.0 Å². The van der Waals surface area contributed by atoms with Crippen molar-refractivity contribution in [3.63, 3.8) is 0 Å². The molecule has 0 spiro atoms. The van der Waals surface area contributed by atoms with Crippen molar-refractivity contribution in [1.29, 1.82) is 0 Å². The van der Waals surface area contributed by atoms with Gasteiger partial charge in [0.1, 0.15) is 0 Å². The van der Waals surface area contributed by atoms with E-state index in [9.17, 15) is 0 Å². The van der Waals surface area contributed by atoms with Gasteiger partial charge in [-0.05, 0) is 27.2 Å². The topological polar surface area (TPSA) is 63.2 Å².